The number of benzene rings is 1. The van der Waals surface area contributed by atoms with E-state index in [1.165, 1.54) is 0 Å². The van der Waals surface area contributed by atoms with Crippen LogP contribution >= 0.6 is 15.9 Å². The van der Waals surface area contributed by atoms with E-state index in [2.05, 4.69) is 41.7 Å². The van der Waals surface area contributed by atoms with Crippen molar-refractivity contribution in [2.75, 3.05) is 5.73 Å². The number of nitrogen functional groups attached to an aromatic ring is 1. The lowest BCUT2D eigenvalue weighted by Gasteiger charge is -2.35. The molecule has 4 nitrogen and oxygen atoms in total. The lowest BCUT2D eigenvalue weighted by atomic mass is 9.71. The zero-order valence-electron chi connectivity index (χ0n) is 14.6. The molecule has 0 unspecified atom stereocenters. The molecule has 5 heteroatoms. The molecule has 1 aliphatic rings. The minimum atomic E-state index is -0.407. The number of fused-ring (bicyclic) bond motifs is 5. The molecule has 2 heterocycles. The van der Waals surface area contributed by atoms with Crippen LogP contribution in [0.5, 0.6) is 0 Å². The Balaban J connectivity index is 2.13. The molecule has 3 aromatic rings. The Morgan fingerprint density at radius 3 is 2.76 bits per heavy atom. The van der Waals surface area contributed by atoms with Crippen LogP contribution in [0.1, 0.15) is 38.4 Å². The van der Waals surface area contributed by atoms with E-state index in [0.29, 0.717) is 16.9 Å². The molecule has 1 aliphatic carbocycles. The number of halogens is 1. The van der Waals surface area contributed by atoms with Crippen LogP contribution in [-0.4, -0.2) is 4.98 Å². The second-order valence-corrected chi connectivity index (χ2v) is 8.92. The molecule has 0 saturated carbocycles. The molecule has 130 valence electrons. The summed E-state index contributed by atoms with van der Waals surface area (Å²) in [6.07, 6.45) is 2.90. The van der Waals surface area contributed by atoms with Crippen LogP contribution in [0.2, 0.25) is 0 Å². The van der Waals surface area contributed by atoms with Crippen molar-refractivity contribution in [3.8, 4) is 0 Å². The first-order valence-corrected chi connectivity index (χ1v) is 9.38. The number of hydrogen-bond acceptors (Lipinski definition) is 4. The summed E-state index contributed by atoms with van der Waals surface area (Å²) in [4.78, 5) is 17.1. The van der Waals surface area contributed by atoms with Crippen LogP contribution < -0.4 is 11.4 Å². The van der Waals surface area contributed by atoms with Crippen molar-refractivity contribution in [2.24, 2.45) is 11.3 Å². The van der Waals surface area contributed by atoms with Gasteiger partial charge in [0.1, 0.15) is 16.8 Å². The maximum Gasteiger partial charge on any atom is 0.347 e. The number of pyridine rings is 1. The van der Waals surface area contributed by atoms with E-state index in [0.717, 1.165) is 45.8 Å². The van der Waals surface area contributed by atoms with Gasteiger partial charge in [0.05, 0.1) is 0 Å². The second kappa shape index (κ2) is 5.56. The Morgan fingerprint density at radius 2 is 2.04 bits per heavy atom. The summed E-state index contributed by atoms with van der Waals surface area (Å²) >= 11 is 3.53. The predicted octanol–water partition coefficient (Wildman–Crippen LogP) is 4.84. The van der Waals surface area contributed by atoms with E-state index >= 15 is 0 Å². The highest BCUT2D eigenvalue weighted by Crippen LogP contribution is 2.41. The summed E-state index contributed by atoms with van der Waals surface area (Å²) in [6, 6.07) is 5.71. The van der Waals surface area contributed by atoms with Gasteiger partial charge in [0.15, 0.2) is 0 Å². The van der Waals surface area contributed by atoms with E-state index in [1.807, 2.05) is 18.2 Å². The first-order valence-electron chi connectivity index (χ1n) is 8.59. The normalized spacial score (nSPS) is 17.8. The topological polar surface area (TPSA) is 69.1 Å². The predicted molar refractivity (Wildman–Crippen MR) is 105 cm³/mol. The second-order valence-electron chi connectivity index (χ2n) is 8.01. The molecule has 0 spiro atoms. The van der Waals surface area contributed by atoms with Gasteiger partial charge in [-0.3, -0.25) is 0 Å². The molecule has 0 fully saturated rings. The summed E-state index contributed by atoms with van der Waals surface area (Å²) in [5, 5.41) is 2.26. The van der Waals surface area contributed by atoms with Gasteiger partial charge in [0.2, 0.25) is 0 Å². The van der Waals surface area contributed by atoms with Crippen LogP contribution in [-0.2, 0) is 12.8 Å². The van der Waals surface area contributed by atoms with Gasteiger partial charge < -0.3 is 10.2 Å². The number of nitrogens with zero attached hydrogens (tertiary/aromatic N) is 1. The van der Waals surface area contributed by atoms with Gasteiger partial charge in [0.25, 0.3) is 0 Å². The van der Waals surface area contributed by atoms with Crippen molar-refractivity contribution in [3.05, 3.63) is 44.3 Å². The average molecular weight is 401 g/mol. The highest BCUT2D eigenvalue weighted by molar-refractivity contribution is 9.10. The third-order valence-electron chi connectivity index (χ3n) is 5.43. The maximum absolute atomic E-state index is 12.6. The number of nitrogens with two attached hydrogens (primary N) is 1. The van der Waals surface area contributed by atoms with E-state index in [9.17, 15) is 4.79 Å². The number of anilines is 1. The van der Waals surface area contributed by atoms with Gasteiger partial charge in [-0.25, -0.2) is 9.78 Å². The highest BCUT2D eigenvalue weighted by Gasteiger charge is 2.31. The zero-order valence-corrected chi connectivity index (χ0v) is 16.2. The number of rotatable bonds is 0. The van der Waals surface area contributed by atoms with E-state index in [-0.39, 0.29) is 11.2 Å². The number of aryl methyl sites for hydroxylation is 1. The Morgan fingerprint density at radius 1 is 1.28 bits per heavy atom. The molecule has 4 rings (SSSR count). The minimum absolute atomic E-state index is 0.210. The third-order valence-corrected chi connectivity index (χ3v) is 5.93. The molecule has 0 radical (unpaired) electrons. The summed E-state index contributed by atoms with van der Waals surface area (Å²) in [5.41, 5.74) is 8.72. The molecule has 0 saturated heterocycles. The highest BCUT2D eigenvalue weighted by atomic mass is 79.9. The van der Waals surface area contributed by atoms with Gasteiger partial charge >= 0.3 is 5.63 Å². The largest absolute Gasteiger partial charge is 0.422 e. The van der Waals surface area contributed by atoms with Crippen LogP contribution in [0, 0.1) is 11.3 Å². The van der Waals surface area contributed by atoms with Crippen molar-refractivity contribution in [1.82, 2.24) is 4.98 Å². The lowest BCUT2D eigenvalue weighted by Crippen LogP contribution is -2.28. The molecule has 1 aromatic carbocycles. The summed E-state index contributed by atoms with van der Waals surface area (Å²) in [7, 11) is 0. The van der Waals surface area contributed by atoms with Gasteiger partial charge in [-0.2, -0.15) is 0 Å². The molecular weight excluding hydrogens is 380 g/mol. The molecular formula is C20H21BrN2O2. The monoisotopic (exact) mass is 400 g/mol. The van der Waals surface area contributed by atoms with E-state index in [4.69, 9.17) is 10.2 Å². The van der Waals surface area contributed by atoms with Crippen molar-refractivity contribution >= 4 is 43.5 Å². The third kappa shape index (κ3) is 2.65. The summed E-state index contributed by atoms with van der Waals surface area (Å²) in [5.74, 6) is 0.821. The first-order chi connectivity index (χ1) is 11.8. The fourth-order valence-corrected chi connectivity index (χ4v) is 4.32. The van der Waals surface area contributed by atoms with Crippen LogP contribution in [0.3, 0.4) is 0 Å². The van der Waals surface area contributed by atoms with Gasteiger partial charge in [-0.15, -0.1) is 0 Å². The molecule has 25 heavy (non-hydrogen) atoms. The first kappa shape index (κ1) is 16.6. The zero-order chi connectivity index (χ0) is 17.9. The fourth-order valence-electron chi connectivity index (χ4n) is 3.96. The Labute approximate surface area is 154 Å². The maximum atomic E-state index is 12.6. The minimum Gasteiger partial charge on any atom is -0.422 e. The molecule has 2 aromatic heterocycles. The molecule has 0 amide bonds. The Kier molecular flexibility index (Phi) is 3.69. The van der Waals surface area contributed by atoms with Crippen LogP contribution in [0.4, 0.5) is 5.82 Å². The Bertz CT molecular complexity index is 1060. The van der Waals surface area contributed by atoms with Gasteiger partial charge in [-0.1, -0.05) is 36.7 Å². The molecule has 1 atom stereocenters. The van der Waals surface area contributed by atoms with Crippen LogP contribution in [0.15, 0.2) is 31.9 Å². The van der Waals surface area contributed by atoms with Crippen molar-refractivity contribution in [3.63, 3.8) is 0 Å². The fraction of sp³-hybridized carbons (Fsp3) is 0.400. The average Bonchev–Trinajstić information content (AvgIpc) is 2.53. The van der Waals surface area contributed by atoms with Gasteiger partial charge in [0, 0.05) is 20.9 Å². The number of aromatic nitrogens is 1. The van der Waals surface area contributed by atoms with E-state index in [1.54, 1.807) is 0 Å². The summed E-state index contributed by atoms with van der Waals surface area (Å²) in [6.45, 7) is 6.83. The SMILES string of the molecule is CC(C)(C)[C@H]1CCc2nc(N)c3c(=O)oc4ccc(Br)cc4c3c2C1. The number of hydrogen-bond donors (Lipinski definition) is 1. The smallest absolute Gasteiger partial charge is 0.347 e. The van der Waals surface area contributed by atoms with Crippen molar-refractivity contribution in [2.45, 2.75) is 40.0 Å². The molecule has 2 N–H and O–H groups in total. The van der Waals surface area contributed by atoms with E-state index < -0.39 is 5.63 Å². The van der Waals surface area contributed by atoms with Gasteiger partial charge in [-0.05, 0) is 54.4 Å². The Hall–Kier alpha value is -1.88. The molecule has 0 bridgehead atoms. The molecule has 0 aliphatic heterocycles. The summed E-state index contributed by atoms with van der Waals surface area (Å²) < 4.78 is 6.45. The standard InChI is InChI=1S/C20H21BrN2O2/c1-20(2,3)10-4-6-14-12(8-10)16-13-9-11(21)5-7-15(13)25-19(24)17(16)18(22)23-14/h5,7,9-10H,4,6,8H2,1-3H3,(H2,22,23)/t10-/m0/s1. The lowest BCUT2D eigenvalue weighted by molar-refractivity contribution is 0.215. The van der Waals surface area contributed by atoms with Crippen molar-refractivity contribution in [1.29, 1.82) is 0 Å². The van der Waals surface area contributed by atoms with Crippen LogP contribution in [0.25, 0.3) is 21.7 Å². The van der Waals surface area contributed by atoms with Crippen molar-refractivity contribution < 1.29 is 4.42 Å². The quantitative estimate of drug-likeness (QED) is 0.433.